The summed E-state index contributed by atoms with van der Waals surface area (Å²) in [7, 11) is 0. The molecule has 0 saturated heterocycles. The Morgan fingerprint density at radius 3 is 2.41 bits per heavy atom. The number of hydrogen-bond donors (Lipinski definition) is 1. The van der Waals surface area contributed by atoms with Gasteiger partial charge in [-0.05, 0) is 41.3 Å². The van der Waals surface area contributed by atoms with Gasteiger partial charge in [-0.3, -0.25) is 0 Å². The first-order valence-electron chi connectivity index (χ1n) is 9.92. The second-order valence-electron chi connectivity index (χ2n) is 8.50. The number of benzene rings is 2. The van der Waals surface area contributed by atoms with Gasteiger partial charge in [0, 0.05) is 36.2 Å². The molecule has 1 aliphatic heterocycles. The number of halogens is 1. The van der Waals surface area contributed by atoms with Gasteiger partial charge in [0.1, 0.15) is 11.9 Å². The zero-order valence-electron chi connectivity index (χ0n) is 17.0. The van der Waals surface area contributed by atoms with E-state index in [1.54, 1.807) is 17.0 Å². The second kappa shape index (κ2) is 7.39. The van der Waals surface area contributed by atoms with E-state index in [-0.39, 0.29) is 17.3 Å². The molecule has 2 aromatic carbocycles. The van der Waals surface area contributed by atoms with Gasteiger partial charge in [0.25, 0.3) is 0 Å². The highest BCUT2D eigenvalue weighted by Crippen LogP contribution is 2.34. The van der Waals surface area contributed by atoms with Crippen molar-refractivity contribution < 1.29 is 9.18 Å². The summed E-state index contributed by atoms with van der Waals surface area (Å²) < 4.78 is 16.7. The highest BCUT2D eigenvalue weighted by atomic mass is 19.1. The highest BCUT2D eigenvalue weighted by Gasteiger charge is 2.33. The van der Waals surface area contributed by atoms with Crippen molar-refractivity contribution in [1.29, 1.82) is 0 Å². The van der Waals surface area contributed by atoms with E-state index in [0.29, 0.717) is 18.7 Å². The molecule has 0 aliphatic carbocycles. The predicted octanol–water partition coefficient (Wildman–Crippen LogP) is 5.56. The van der Waals surface area contributed by atoms with Crippen molar-refractivity contribution in [2.75, 3.05) is 11.9 Å². The van der Waals surface area contributed by atoms with Gasteiger partial charge >= 0.3 is 6.03 Å². The molecule has 150 valence electrons. The van der Waals surface area contributed by atoms with E-state index in [9.17, 15) is 9.18 Å². The monoisotopic (exact) mass is 391 g/mol. The van der Waals surface area contributed by atoms with Crippen molar-refractivity contribution in [1.82, 2.24) is 9.47 Å². The molecule has 0 saturated carbocycles. The minimum Gasteiger partial charge on any atom is -0.348 e. The Balaban J connectivity index is 1.62. The molecule has 0 bridgehead atoms. The molecule has 0 spiro atoms. The molecule has 2 heterocycles. The van der Waals surface area contributed by atoms with Crippen molar-refractivity contribution in [3.63, 3.8) is 0 Å². The molecule has 3 aromatic rings. The van der Waals surface area contributed by atoms with E-state index < -0.39 is 6.04 Å². The molecule has 1 atom stereocenters. The number of fused-ring (bicyclic) bond motifs is 1. The maximum absolute atomic E-state index is 14.6. The molecule has 0 radical (unpaired) electrons. The smallest absolute Gasteiger partial charge is 0.322 e. The van der Waals surface area contributed by atoms with E-state index in [1.165, 1.54) is 11.6 Å². The van der Waals surface area contributed by atoms with Crippen LogP contribution >= 0.6 is 0 Å². The van der Waals surface area contributed by atoms with Gasteiger partial charge in [0.2, 0.25) is 0 Å². The van der Waals surface area contributed by atoms with Crippen LogP contribution in [-0.4, -0.2) is 22.0 Å². The van der Waals surface area contributed by atoms with Crippen LogP contribution in [0.25, 0.3) is 0 Å². The van der Waals surface area contributed by atoms with E-state index in [1.807, 2.05) is 48.7 Å². The maximum Gasteiger partial charge on any atom is 0.322 e. The fraction of sp³-hybridized carbons (Fsp3) is 0.292. The van der Waals surface area contributed by atoms with Crippen molar-refractivity contribution >= 4 is 11.7 Å². The standard InChI is InChI=1S/C24H26FN3O/c1-24(2,3)17-10-12-18(13-11-17)26-23(29)28-16-15-27-14-6-9-21(27)22(28)19-7-4-5-8-20(19)25/h4-14,22H,15-16H2,1-3H3,(H,26,29). The van der Waals surface area contributed by atoms with Gasteiger partial charge in [-0.1, -0.05) is 51.1 Å². The Morgan fingerprint density at radius 1 is 1.00 bits per heavy atom. The van der Waals surface area contributed by atoms with Gasteiger partial charge in [0.05, 0.1) is 0 Å². The maximum atomic E-state index is 14.6. The van der Waals surface area contributed by atoms with Crippen LogP contribution in [-0.2, 0) is 12.0 Å². The molecule has 4 rings (SSSR count). The first-order chi connectivity index (χ1) is 13.8. The molecule has 1 unspecified atom stereocenters. The lowest BCUT2D eigenvalue weighted by molar-refractivity contribution is 0.180. The Morgan fingerprint density at radius 2 is 1.72 bits per heavy atom. The number of nitrogens with one attached hydrogen (secondary N) is 1. The number of nitrogens with zero attached hydrogens (tertiary/aromatic N) is 2. The van der Waals surface area contributed by atoms with E-state index in [4.69, 9.17) is 0 Å². The Bertz CT molecular complexity index is 1020. The van der Waals surface area contributed by atoms with Crippen LogP contribution in [0.5, 0.6) is 0 Å². The van der Waals surface area contributed by atoms with Crippen LogP contribution in [0.3, 0.4) is 0 Å². The minimum atomic E-state index is -0.464. The summed E-state index contributed by atoms with van der Waals surface area (Å²) >= 11 is 0. The summed E-state index contributed by atoms with van der Waals surface area (Å²) in [5.41, 5.74) is 3.41. The van der Waals surface area contributed by atoms with Crippen LogP contribution in [0, 0.1) is 5.82 Å². The molecule has 0 fully saturated rings. The Labute approximate surface area is 171 Å². The van der Waals surface area contributed by atoms with Crippen LogP contribution in [0.4, 0.5) is 14.9 Å². The molecule has 2 amide bonds. The summed E-state index contributed by atoms with van der Waals surface area (Å²) in [6, 6.07) is 17.8. The third-order valence-electron chi connectivity index (χ3n) is 5.50. The molecule has 1 aliphatic rings. The Hall–Kier alpha value is -3.08. The number of carbonyl (C=O) groups excluding carboxylic acids is 1. The van der Waals surface area contributed by atoms with Crippen LogP contribution in [0.1, 0.15) is 43.6 Å². The lowest BCUT2D eigenvalue weighted by atomic mass is 9.87. The SMILES string of the molecule is CC(C)(C)c1ccc(NC(=O)N2CCn3cccc3C2c2ccccc2F)cc1. The zero-order valence-corrected chi connectivity index (χ0v) is 17.0. The molecular formula is C24H26FN3O. The average Bonchev–Trinajstić information content (AvgIpc) is 3.16. The summed E-state index contributed by atoms with van der Waals surface area (Å²) in [5, 5.41) is 2.99. The number of hydrogen-bond acceptors (Lipinski definition) is 1. The number of rotatable bonds is 2. The van der Waals surface area contributed by atoms with Gasteiger partial charge in [0.15, 0.2) is 0 Å². The van der Waals surface area contributed by atoms with Crippen molar-refractivity contribution in [2.45, 2.75) is 38.8 Å². The van der Waals surface area contributed by atoms with Gasteiger partial charge < -0.3 is 14.8 Å². The zero-order chi connectivity index (χ0) is 20.6. The third-order valence-corrected chi connectivity index (χ3v) is 5.50. The van der Waals surface area contributed by atoms with E-state index in [2.05, 4.69) is 30.7 Å². The fourth-order valence-electron chi connectivity index (χ4n) is 3.88. The second-order valence-corrected chi connectivity index (χ2v) is 8.50. The quantitative estimate of drug-likeness (QED) is 0.610. The largest absolute Gasteiger partial charge is 0.348 e. The number of aromatic nitrogens is 1. The number of anilines is 1. The lowest BCUT2D eigenvalue weighted by Gasteiger charge is -2.37. The average molecular weight is 391 g/mol. The van der Waals surface area contributed by atoms with Crippen molar-refractivity contribution in [3.05, 3.63) is 89.5 Å². The van der Waals surface area contributed by atoms with Crippen molar-refractivity contribution in [3.8, 4) is 0 Å². The van der Waals surface area contributed by atoms with Gasteiger partial charge in [-0.15, -0.1) is 0 Å². The number of amides is 2. The van der Waals surface area contributed by atoms with Gasteiger partial charge in [-0.2, -0.15) is 0 Å². The lowest BCUT2D eigenvalue weighted by Crippen LogP contribution is -2.44. The Kier molecular flexibility index (Phi) is 4.91. The third kappa shape index (κ3) is 3.77. The number of urea groups is 1. The molecule has 4 nitrogen and oxygen atoms in total. The van der Waals surface area contributed by atoms with E-state index >= 15 is 0 Å². The summed E-state index contributed by atoms with van der Waals surface area (Å²) in [6.45, 7) is 7.66. The normalized spacial score (nSPS) is 16.4. The van der Waals surface area contributed by atoms with Crippen molar-refractivity contribution in [2.24, 2.45) is 0 Å². The minimum absolute atomic E-state index is 0.0523. The predicted molar refractivity (Wildman–Crippen MR) is 114 cm³/mol. The molecular weight excluding hydrogens is 365 g/mol. The van der Waals surface area contributed by atoms with Gasteiger partial charge in [-0.25, -0.2) is 9.18 Å². The summed E-state index contributed by atoms with van der Waals surface area (Å²) in [5.74, 6) is -0.306. The van der Waals surface area contributed by atoms with Crippen LogP contribution < -0.4 is 5.32 Å². The summed E-state index contributed by atoms with van der Waals surface area (Å²) in [6.07, 6.45) is 1.98. The first-order valence-corrected chi connectivity index (χ1v) is 9.92. The number of carbonyl (C=O) groups is 1. The molecule has 1 aromatic heterocycles. The highest BCUT2D eigenvalue weighted by molar-refractivity contribution is 5.90. The topological polar surface area (TPSA) is 37.3 Å². The molecule has 1 N–H and O–H groups in total. The van der Waals surface area contributed by atoms with Crippen LogP contribution in [0.2, 0.25) is 0 Å². The first kappa shape index (κ1) is 19.2. The summed E-state index contributed by atoms with van der Waals surface area (Å²) in [4.78, 5) is 14.9. The molecule has 5 heteroatoms. The van der Waals surface area contributed by atoms with Crippen LogP contribution in [0.15, 0.2) is 66.9 Å². The van der Waals surface area contributed by atoms with E-state index in [0.717, 1.165) is 11.4 Å². The molecule has 29 heavy (non-hydrogen) atoms. The fourth-order valence-corrected chi connectivity index (χ4v) is 3.88.